The third kappa shape index (κ3) is 2.86. The van der Waals surface area contributed by atoms with Gasteiger partial charge in [-0.2, -0.15) is 13.2 Å². The molecule has 0 aliphatic carbocycles. The van der Waals surface area contributed by atoms with Crippen molar-refractivity contribution in [3.63, 3.8) is 0 Å². The Hall–Kier alpha value is -0.820. The van der Waals surface area contributed by atoms with Crippen molar-refractivity contribution in [2.75, 3.05) is 12.0 Å². The minimum absolute atomic E-state index is 0.304. The van der Waals surface area contributed by atoms with Gasteiger partial charge in [-0.1, -0.05) is 0 Å². The Morgan fingerprint density at radius 3 is 2.58 bits per heavy atom. The molecule has 19 heavy (non-hydrogen) atoms. The van der Waals surface area contributed by atoms with E-state index in [0.29, 0.717) is 15.9 Å². The second kappa shape index (κ2) is 5.28. The van der Waals surface area contributed by atoms with Crippen LogP contribution in [0.2, 0.25) is 0 Å². The Morgan fingerprint density at radius 2 is 2.05 bits per heavy atom. The molecule has 104 valence electrons. The van der Waals surface area contributed by atoms with Gasteiger partial charge in [0.25, 0.3) is 0 Å². The first-order valence-corrected chi connectivity index (χ1v) is 7.13. The summed E-state index contributed by atoms with van der Waals surface area (Å²) in [6.07, 6.45) is -4.36. The topological polar surface area (TPSA) is 12.5 Å². The fourth-order valence-corrected chi connectivity index (χ4v) is 3.29. The number of benzene rings is 1. The second-order valence-electron chi connectivity index (χ2n) is 3.92. The highest BCUT2D eigenvalue weighted by Crippen LogP contribution is 2.45. The van der Waals surface area contributed by atoms with Crippen molar-refractivity contribution in [3.8, 4) is 5.75 Å². The van der Waals surface area contributed by atoms with E-state index in [1.165, 1.54) is 12.0 Å². The van der Waals surface area contributed by atoms with E-state index in [1.807, 2.05) is 0 Å². The lowest BCUT2D eigenvalue weighted by atomic mass is 10.2. The molecule has 7 heteroatoms. The fourth-order valence-electron chi connectivity index (χ4n) is 1.82. The Balaban J connectivity index is 2.42. The number of thioether (sulfide) groups is 1. The van der Waals surface area contributed by atoms with E-state index in [0.717, 1.165) is 17.2 Å². The molecule has 0 radical (unpaired) electrons. The Morgan fingerprint density at radius 1 is 1.37 bits per heavy atom. The lowest BCUT2D eigenvalue weighted by Crippen LogP contribution is -2.33. The van der Waals surface area contributed by atoms with Gasteiger partial charge in [-0.3, -0.25) is 0 Å². The molecule has 0 fully saturated rings. The van der Waals surface area contributed by atoms with Crippen molar-refractivity contribution >= 4 is 33.4 Å². The standard InChI is InChI=1S/C12H11BrF3NOS/c1-7-17(11(6-19-7)12(14,15)16)10-4-3-8(18-2)5-9(10)13/h3-7H,1-2H3. The molecule has 1 aliphatic rings. The smallest absolute Gasteiger partial charge is 0.431 e. The SMILES string of the molecule is COc1ccc(N2C(C(F)(F)F)=CSC2C)c(Br)c1. The van der Waals surface area contributed by atoms with Crippen molar-refractivity contribution in [3.05, 3.63) is 33.8 Å². The van der Waals surface area contributed by atoms with Crippen molar-refractivity contribution in [1.29, 1.82) is 0 Å². The summed E-state index contributed by atoms with van der Waals surface area (Å²) in [6, 6.07) is 4.91. The predicted octanol–water partition coefficient (Wildman–Crippen LogP) is 4.76. The number of anilines is 1. The zero-order valence-electron chi connectivity index (χ0n) is 10.2. The summed E-state index contributed by atoms with van der Waals surface area (Å²) in [5, 5.41) is 0.850. The summed E-state index contributed by atoms with van der Waals surface area (Å²) in [6.45, 7) is 1.73. The molecule has 0 saturated carbocycles. The van der Waals surface area contributed by atoms with Gasteiger partial charge in [0.2, 0.25) is 0 Å². The van der Waals surface area contributed by atoms with Gasteiger partial charge in [-0.25, -0.2) is 0 Å². The molecule has 1 heterocycles. The summed E-state index contributed by atoms with van der Waals surface area (Å²) < 4.78 is 44.6. The van der Waals surface area contributed by atoms with Gasteiger partial charge < -0.3 is 9.64 Å². The van der Waals surface area contributed by atoms with Crippen molar-refractivity contribution in [2.24, 2.45) is 0 Å². The van der Waals surface area contributed by atoms with Crippen LogP contribution < -0.4 is 9.64 Å². The molecule has 1 aromatic rings. The lowest BCUT2D eigenvalue weighted by Gasteiger charge is -2.28. The van der Waals surface area contributed by atoms with Crippen LogP contribution in [0.5, 0.6) is 5.75 Å². The average Bonchev–Trinajstić information content (AvgIpc) is 2.71. The van der Waals surface area contributed by atoms with Gasteiger partial charge in [0.15, 0.2) is 0 Å². The van der Waals surface area contributed by atoms with Crippen molar-refractivity contribution in [2.45, 2.75) is 18.5 Å². The number of methoxy groups -OCH3 is 1. The first kappa shape index (κ1) is 14.6. The zero-order valence-corrected chi connectivity index (χ0v) is 12.6. The van der Waals surface area contributed by atoms with Gasteiger partial charge in [0.1, 0.15) is 11.4 Å². The molecule has 0 spiro atoms. The Labute approximate surface area is 121 Å². The maximum atomic E-state index is 13.0. The minimum Gasteiger partial charge on any atom is -0.497 e. The molecule has 1 atom stereocenters. The van der Waals surface area contributed by atoms with Gasteiger partial charge >= 0.3 is 6.18 Å². The van der Waals surface area contributed by atoms with Gasteiger partial charge in [0, 0.05) is 9.88 Å². The first-order chi connectivity index (χ1) is 8.84. The highest BCUT2D eigenvalue weighted by molar-refractivity contribution is 9.10. The normalized spacial score (nSPS) is 19.6. The van der Waals surface area contributed by atoms with E-state index >= 15 is 0 Å². The molecule has 0 saturated heterocycles. The van der Waals surface area contributed by atoms with Crippen LogP contribution in [0.15, 0.2) is 33.8 Å². The number of halogens is 4. The largest absolute Gasteiger partial charge is 0.497 e. The Bertz CT molecular complexity index is 518. The molecule has 0 amide bonds. The van der Waals surface area contributed by atoms with E-state index in [9.17, 15) is 13.2 Å². The van der Waals surface area contributed by atoms with Crippen molar-refractivity contribution < 1.29 is 17.9 Å². The lowest BCUT2D eigenvalue weighted by molar-refractivity contribution is -0.0929. The van der Waals surface area contributed by atoms with Crippen LogP contribution in [0.25, 0.3) is 0 Å². The predicted molar refractivity (Wildman–Crippen MR) is 74.4 cm³/mol. The number of hydrogen-bond acceptors (Lipinski definition) is 3. The van der Waals surface area contributed by atoms with Crippen molar-refractivity contribution in [1.82, 2.24) is 0 Å². The van der Waals surface area contributed by atoms with Crippen LogP contribution in [0.1, 0.15) is 6.92 Å². The third-order valence-corrected chi connectivity index (χ3v) is 4.30. The number of rotatable bonds is 2. The summed E-state index contributed by atoms with van der Waals surface area (Å²) >= 11 is 4.44. The van der Waals surface area contributed by atoms with Gasteiger partial charge in [0.05, 0.1) is 18.2 Å². The molecule has 1 unspecified atom stereocenters. The summed E-state index contributed by atoms with van der Waals surface area (Å²) in [7, 11) is 1.51. The number of allylic oxidation sites excluding steroid dienone is 1. The van der Waals surface area contributed by atoms with Crippen LogP contribution in [0.4, 0.5) is 18.9 Å². The second-order valence-corrected chi connectivity index (χ2v) is 5.97. The molecule has 0 bridgehead atoms. The Kier molecular flexibility index (Phi) is 4.06. The van der Waals surface area contributed by atoms with E-state index < -0.39 is 11.9 Å². The number of hydrogen-bond donors (Lipinski definition) is 0. The third-order valence-electron chi connectivity index (χ3n) is 2.70. The average molecular weight is 354 g/mol. The van der Waals surface area contributed by atoms with Crippen LogP contribution in [-0.2, 0) is 0 Å². The maximum absolute atomic E-state index is 13.0. The van der Waals surface area contributed by atoms with E-state index in [2.05, 4.69) is 15.9 Å². The fraction of sp³-hybridized carbons (Fsp3) is 0.333. The zero-order chi connectivity index (χ0) is 14.2. The highest BCUT2D eigenvalue weighted by atomic mass is 79.9. The molecular formula is C12H11BrF3NOS. The van der Waals surface area contributed by atoms with Crippen LogP contribution in [0, 0.1) is 0 Å². The quantitative estimate of drug-likeness (QED) is 0.760. The van der Waals surface area contributed by atoms with Gasteiger partial charge in [-0.05, 0) is 41.1 Å². The maximum Gasteiger partial charge on any atom is 0.431 e. The molecule has 2 rings (SSSR count). The molecule has 1 aliphatic heterocycles. The first-order valence-electron chi connectivity index (χ1n) is 5.40. The summed E-state index contributed by atoms with van der Waals surface area (Å²) in [5.74, 6) is 0.590. The van der Waals surface area contributed by atoms with Crippen LogP contribution in [0.3, 0.4) is 0 Å². The molecule has 2 nitrogen and oxygen atoms in total. The van der Waals surface area contributed by atoms with Crippen LogP contribution >= 0.6 is 27.7 Å². The monoisotopic (exact) mass is 353 g/mol. The van der Waals surface area contributed by atoms with Gasteiger partial charge in [-0.15, -0.1) is 11.8 Å². The molecule has 1 aromatic carbocycles. The number of nitrogens with zero attached hydrogens (tertiary/aromatic N) is 1. The molecular weight excluding hydrogens is 343 g/mol. The summed E-state index contributed by atoms with van der Waals surface area (Å²) in [5.41, 5.74) is -0.169. The van der Waals surface area contributed by atoms with Crippen LogP contribution in [-0.4, -0.2) is 18.7 Å². The van der Waals surface area contributed by atoms with E-state index in [4.69, 9.17) is 4.74 Å². The van der Waals surface area contributed by atoms with E-state index in [-0.39, 0.29) is 5.37 Å². The highest BCUT2D eigenvalue weighted by Gasteiger charge is 2.43. The molecule has 0 aromatic heterocycles. The summed E-state index contributed by atoms with van der Waals surface area (Å²) in [4.78, 5) is 1.27. The number of ether oxygens (including phenoxy) is 1. The number of alkyl halides is 3. The molecule has 0 N–H and O–H groups in total. The van der Waals surface area contributed by atoms with E-state index in [1.54, 1.807) is 25.1 Å². The minimum atomic E-state index is -4.36.